The van der Waals surface area contributed by atoms with Crippen molar-refractivity contribution in [1.82, 2.24) is 10.2 Å². The van der Waals surface area contributed by atoms with Gasteiger partial charge in [-0.1, -0.05) is 18.2 Å². The van der Waals surface area contributed by atoms with Gasteiger partial charge in [-0.3, -0.25) is 9.59 Å². The van der Waals surface area contributed by atoms with E-state index in [-0.39, 0.29) is 24.9 Å². The number of aliphatic carboxylic acids is 1. The van der Waals surface area contributed by atoms with Crippen LogP contribution in [-0.4, -0.2) is 45.9 Å². The summed E-state index contributed by atoms with van der Waals surface area (Å²) < 4.78 is 0. The molecule has 2 N–H and O–H groups in total. The first-order chi connectivity index (χ1) is 9.99. The van der Waals surface area contributed by atoms with Gasteiger partial charge in [0.25, 0.3) is 5.91 Å². The molecule has 0 saturated carbocycles. The molecule has 0 aliphatic carbocycles. The van der Waals surface area contributed by atoms with Gasteiger partial charge in [0, 0.05) is 18.2 Å². The highest BCUT2D eigenvalue weighted by Gasteiger charge is 2.35. The van der Waals surface area contributed by atoms with E-state index in [4.69, 9.17) is 16.7 Å². The molecule has 2 amide bonds. The number of carboxylic acids is 1. The minimum absolute atomic E-state index is 0.0951. The van der Waals surface area contributed by atoms with Gasteiger partial charge in [0.15, 0.2) is 0 Å². The number of hydrogen-bond donors (Lipinski definition) is 2. The molecule has 1 aromatic carbocycles. The molecule has 7 heteroatoms. The van der Waals surface area contributed by atoms with Crippen molar-refractivity contribution in [3.63, 3.8) is 0 Å². The molecule has 6 nitrogen and oxygen atoms in total. The van der Waals surface area contributed by atoms with Crippen molar-refractivity contribution in [3.8, 4) is 0 Å². The summed E-state index contributed by atoms with van der Waals surface area (Å²) in [5.74, 6) is -1.34. The molecule has 0 bridgehead atoms. The number of carbonyl (C=O) groups excluding carboxylic acids is 2. The van der Waals surface area contributed by atoms with Gasteiger partial charge >= 0.3 is 11.3 Å². The molecule has 1 aliphatic rings. The van der Waals surface area contributed by atoms with Gasteiger partial charge in [-0.15, -0.1) is 0 Å². The Kier molecular flexibility index (Phi) is 4.80. The first-order valence-electron chi connectivity index (χ1n) is 6.54. The van der Waals surface area contributed by atoms with Crippen LogP contribution in [0.4, 0.5) is 4.79 Å². The first kappa shape index (κ1) is 15.3. The van der Waals surface area contributed by atoms with E-state index in [1.807, 2.05) is 6.07 Å². The summed E-state index contributed by atoms with van der Waals surface area (Å²) >= 11 is 5.43. The minimum atomic E-state index is -1.09. The highest BCUT2D eigenvalue weighted by molar-refractivity contribution is 6.63. The average molecular weight is 311 g/mol. The summed E-state index contributed by atoms with van der Waals surface area (Å²) in [5.41, 5.74) is 0.515. The fourth-order valence-electron chi connectivity index (χ4n) is 2.40. The van der Waals surface area contributed by atoms with Crippen LogP contribution < -0.4 is 5.32 Å². The molecular formula is C14H15ClN2O4. The largest absolute Gasteiger partial charge is 0.480 e. The van der Waals surface area contributed by atoms with Crippen molar-refractivity contribution in [2.24, 2.45) is 0 Å². The highest BCUT2D eigenvalue weighted by atomic mass is 35.5. The van der Waals surface area contributed by atoms with Crippen molar-refractivity contribution >= 4 is 28.8 Å². The fourth-order valence-corrected chi connectivity index (χ4v) is 2.58. The van der Waals surface area contributed by atoms with Crippen molar-refractivity contribution in [2.75, 3.05) is 6.54 Å². The molecule has 0 unspecified atom stereocenters. The molecule has 21 heavy (non-hydrogen) atoms. The number of carbonyl (C=O) groups is 3. The Morgan fingerprint density at radius 3 is 2.43 bits per heavy atom. The van der Waals surface area contributed by atoms with E-state index in [9.17, 15) is 14.4 Å². The zero-order valence-electron chi connectivity index (χ0n) is 11.2. The molecule has 0 aromatic heterocycles. The van der Waals surface area contributed by atoms with Gasteiger partial charge in [0.05, 0.1) is 0 Å². The number of carboxylic acid groups (broad SMARTS) is 1. The van der Waals surface area contributed by atoms with Crippen LogP contribution in [0.3, 0.4) is 0 Å². The zero-order valence-corrected chi connectivity index (χ0v) is 11.9. The van der Waals surface area contributed by atoms with E-state index in [1.54, 1.807) is 24.3 Å². The summed E-state index contributed by atoms with van der Waals surface area (Å²) in [6.07, 6.45) is 0.740. The van der Waals surface area contributed by atoms with Crippen LogP contribution in [0.25, 0.3) is 0 Å². The minimum Gasteiger partial charge on any atom is -0.480 e. The van der Waals surface area contributed by atoms with E-state index in [0.717, 1.165) is 4.90 Å². The number of benzene rings is 1. The van der Waals surface area contributed by atoms with Gasteiger partial charge in [0.1, 0.15) is 6.04 Å². The maximum Gasteiger partial charge on any atom is 0.326 e. The first-order valence-corrected chi connectivity index (χ1v) is 6.91. The van der Waals surface area contributed by atoms with Crippen LogP contribution >= 0.6 is 11.6 Å². The molecular weight excluding hydrogens is 296 g/mol. The second kappa shape index (κ2) is 6.58. The van der Waals surface area contributed by atoms with E-state index in [1.165, 1.54) is 0 Å². The van der Waals surface area contributed by atoms with Gasteiger partial charge < -0.3 is 15.3 Å². The number of piperidine rings is 1. The standard InChI is InChI=1S/C14H15ClN2O4/c15-14(21)17-8-10(6-7-11(17)13(19)20)16-12(18)9-4-2-1-3-5-9/h1-5,10-11H,6-8H2,(H,16,18)(H,19,20)/t10-,11+/m0/s1. The van der Waals surface area contributed by atoms with Gasteiger partial charge in [-0.05, 0) is 36.6 Å². The van der Waals surface area contributed by atoms with Crippen molar-refractivity contribution in [1.29, 1.82) is 0 Å². The Morgan fingerprint density at radius 1 is 1.19 bits per heavy atom. The van der Waals surface area contributed by atoms with E-state index in [0.29, 0.717) is 12.0 Å². The predicted octanol–water partition coefficient (Wildman–Crippen LogP) is 1.69. The van der Waals surface area contributed by atoms with Crippen LogP contribution in [0.15, 0.2) is 30.3 Å². The number of likely N-dealkylation sites (tertiary alicyclic amines) is 1. The average Bonchev–Trinajstić information content (AvgIpc) is 2.47. The second-order valence-corrected chi connectivity index (χ2v) is 5.20. The van der Waals surface area contributed by atoms with Crippen LogP contribution in [0.5, 0.6) is 0 Å². The van der Waals surface area contributed by atoms with Crippen LogP contribution in [0.2, 0.25) is 0 Å². The molecule has 1 aliphatic heterocycles. The maximum atomic E-state index is 12.0. The van der Waals surface area contributed by atoms with E-state index >= 15 is 0 Å². The third-order valence-electron chi connectivity index (χ3n) is 3.46. The number of hydrogen-bond acceptors (Lipinski definition) is 3. The molecule has 1 heterocycles. The maximum absolute atomic E-state index is 12.0. The van der Waals surface area contributed by atoms with Gasteiger partial charge in [-0.25, -0.2) is 4.79 Å². The van der Waals surface area contributed by atoms with Crippen molar-refractivity contribution in [2.45, 2.75) is 24.9 Å². The molecule has 2 rings (SSSR count). The Morgan fingerprint density at radius 2 is 1.86 bits per heavy atom. The summed E-state index contributed by atoms with van der Waals surface area (Å²) in [4.78, 5) is 35.5. The second-order valence-electron chi connectivity index (χ2n) is 4.87. The lowest BCUT2D eigenvalue weighted by molar-refractivity contribution is -0.143. The summed E-state index contributed by atoms with van der Waals surface area (Å²) in [6.45, 7) is 0.0951. The normalized spacial score (nSPS) is 21.7. The number of amides is 2. The molecule has 1 fully saturated rings. The summed E-state index contributed by atoms with van der Waals surface area (Å²) in [6, 6.07) is 7.44. The number of halogens is 1. The topological polar surface area (TPSA) is 86.7 Å². The monoisotopic (exact) mass is 310 g/mol. The number of rotatable bonds is 3. The molecule has 1 aromatic rings. The van der Waals surface area contributed by atoms with Crippen LogP contribution in [0, 0.1) is 0 Å². The molecule has 2 atom stereocenters. The molecule has 0 radical (unpaired) electrons. The van der Waals surface area contributed by atoms with Crippen LogP contribution in [0.1, 0.15) is 23.2 Å². The van der Waals surface area contributed by atoms with Crippen LogP contribution in [-0.2, 0) is 4.79 Å². The van der Waals surface area contributed by atoms with Gasteiger partial charge in [-0.2, -0.15) is 0 Å². The zero-order chi connectivity index (χ0) is 15.4. The Bertz CT molecular complexity index is 549. The van der Waals surface area contributed by atoms with Crippen molar-refractivity contribution in [3.05, 3.63) is 35.9 Å². The lowest BCUT2D eigenvalue weighted by Gasteiger charge is -2.36. The lowest BCUT2D eigenvalue weighted by Crippen LogP contribution is -2.55. The molecule has 112 valence electrons. The third kappa shape index (κ3) is 3.72. The van der Waals surface area contributed by atoms with Crippen molar-refractivity contribution < 1.29 is 19.5 Å². The SMILES string of the molecule is O=C(N[C@H]1CC[C@H](C(=O)O)N(C(=O)Cl)C1)c1ccccc1. The quantitative estimate of drug-likeness (QED) is 0.657. The highest BCUT2D eigenvalue weighted by Crippen LogP contribution is 2.20. The Hall–Kier alpha value is -2.08. The summed E-state index contributed by atoms with van der Waals surface area (Å²) in [7, 11) is 0. The molecule has 0 spiro atoms. The smallest absolute Gasteiger partial charge is 0.326 e. The Balaban J connectivity index is 2.01. The lowest BCUT2D eigenvalue weighted by atomic mass is 9.98. The van der Waals surface area contributed by atoms with Gasteiger partial charge in [0.2, 0.25) is 0 Å². The third-order valence-corrected chi connectivity index (χ3v) is 3.68. The number of nitrogens with zero attached hydrogens (tertiary/aromatic N) is 1. The number of nitrogens with one attached hydrogen (secondary N) is 1. The summed E-state index contributed by atoms with van der Waals surface area (Å²) in [5, 5.41) is 11.0. The van der Waals surface area contributed by atoms with E-state index < -0.39 is 17.4 Å². The Labute approximate surface area is 126 Å². The predicted molar refractivity (Wildman–Crippen MR) is 76.3 cm³/mol. The fraction of sp³-hybridized carbons (Fsp3) is 0.357. The molecule has 1 saturated heterocycles. The van der Waals surface area contributed by atoms with E-state index in [2.05, 4.69) is 5.32 Å².